The number of anilines is 1. The highest BCUT2D eigenvalue weighted by Crippen LogP contribution is 2.33. The van der Waals surface area contributed by atoms with Crippen LogP contribution in [0.4, 0.5) is 14.5 Å². The van der Waals surface area contributed by atoms with Crippen molar-refractivity contribution in [3.63, 3.8) is 0 Å². The molecule has 7 nitrogen and oxygen atoms in total. The van der Waals surface area contributed by atoms with Crippen LogP contribution in [0.5, 0.6) is 5.75 Å². The third-order valence-electron chi connectivity index (χ3n) is 4.80. The molecule has 1 amide bonds. The molecule has 0 fully saturated rings. The molecular weight excluding hydrogens is 412 g/mol. The number of halogens is 2. The van der Waals surface area contributed by atoms with Crippen molar-refractivity contribution in [3.8, 4) is 17.1 Å². The number of fused-ring (bicyclic) bond motifs is 1. The van der Waals surface area contributed by atoms with E-state index in [1.807, 2.05) is 36.1 Å². The molecule has 2 N–H and O–H groups in total. The number of benzene rings is 2. The highest BCUT2D eigenvalue weighted by molar-refractivity contribution is 7.99. The standard InChI is InChI=1S/C20H19F2N5O2S/c1-12-10-14-4-2-3-5-16(14)26(12)17(28)11-30-20-25-24-18(27(20)23)13-6-8-15(9-7-13)29-19(21)22/h2-9,12,19H,10-11,23H2,1H3/t12-/m1/s1. The fourth-order valence-electron chi connectivity index (χ4n) is 3.50. The molecule has 1 aromatic heterocycles. The first-order valence-electron chi connectivity index (χ1n) is 9.22. The number of carbonyl (C=O) groups is 1. The van der Waals surface area contributed by atoms with Crippen LogP contribution in [0.1, 0.15) is 12.5 Å². The Labute approximate surface area is 175 Å². The largest absolute Gasteiger partial charge is 0.435 e. The molecule has 3 aromatic rings. The van der Waals surface area contributed by atoms with Gasteiger partial charge in [0.05, 0.1) is 5.75 Å². The first-order chi connectivity index (χ1) is 14.4. The SMILES string of the molecule is C[C@@H]1Cc2ccccc2N1C(=O)CSc1nnc(-c2ccc(OC(F)F)cc2)n1N. The van der Waals surface area contributed by atoms with Gasteiger partial charge in [-0.1, -0.05) is 30.0 Å². The second-order valence-corrected chi connectivity index (χ2v) is 7.76. The normalized spacial score (nSPS) is 15.5. The summed E-state index contributed by atoms with van der Waals surface area (Å²) >= 11 is 1.20. The van der Waals surface area contributed by atoms with Gasteiger partial charge in [-0.3, -0.25) is 4.79 Å². The average Bonchev–Trinajstić information content (AvgIpc) is 3.25. The molecule has 0 saturated heterocycles. The molecule has 0 spiro atoms. The molecule has 1 atom stereocenters. The number of alkyl halides is 2. The molecule has 2 aromatic carbocycles. The number of hydrogen-bond donors (Lipinski definition) is 1. The number of hydrogen-bond acceptors (Lipinski definition) is 6. The van der Waals surface area contributed by atoms with Crippen LogP contribution in [0.15, 0.2) is 53.7 Å². The lowest BCUT2D eigenvalue weighted by Crippen LogP contribution is -2.37. The Kier molecular flexibility index (Phi) is 5.58. The first-order valence-corrected chi connectivity index (χ1v) is 10.2. The zero-order chi connectivity index (χ0) is 21.3. The smallest absolute Gasteiger partial charge is 0.387 e. The predicted octanol–water partition coefficient (Wildman–Crippen LogP) is 3.33. The molecule has 4 rings (SSSR count). The minimum absolute atomic E-state index is 0.0319. The predicted molar refractivity (Wildman–Crippen MR) is 110 cm³/mol. The highest BCUT2D eigenvalue weighted by atomic mass is 32.2. The number of thioether (sulfide) groups is 1. The summed E-state index contributed by atoms with van der Waals surface area (Å²) in [6.07, 6.45) is 0.828. The summed E-state index contributed by atoms with van der Waals surface area (Å²) in [7, 11) is 0. The molecule has 2 heterocycles. The van der Waals surface area contributed by atoms with Gasteiger partial charge in [-0.05, 0) is 49.2 Å². The monoisotopic (exact) mass is 431 g/mol. The fraction of sp³-hybridized carbons (Fsp3) is 0.250. The van der Waals surface area contributed by atoms with E-state index in [1.165, 1.54) is 28.6 Å². The van der Waals surface area contributed by atoms with Gasteiger partial charge in [-0.15, -0.1) is 10.2 Å². The van der Waals surface area contributed by atoms with Crippen molar-refractivity contribution >= 4 is 23.4 Å². The molecule has 0 saturated carbocycles. The minimum atomic E-state index is -2.89. The number of ether oxygens (including phenoxy) is 1. The summed E-state index contributed by atoms with van der Waals surface area (Å²) in [5.74, 6) is 6.62. The van der Waals surface area contributed by atoms with E-state index in [0.717, 1.165) is 17.7 Å². The number of nitrogens with zero attached hydrogens (tertiary/aromatic N) is 4. The molecule has 156 valence electrons. The lowest BCUT2D eigenvalue weighted by atomic mass is 10.1. The first kappa shape index (κ1) is 20.1. The maximum Gasteiger partial charge on any atom is 0.387 e. The Morgan fingerprint density at radius 2 is 1.97 bits per heavy atom. The topological polar surface area (TPSA) is 86.3 Å². The van der Waals surface area contributed by atoms with E-state index in [4.69, 9.17) is 5.84 Å². The van der Waals surface area contributed by atoms with Crippen LogP contribution >= 0.6 is 11.8 Å². The third-order valence-corrected chi connectivity index (χ3v) is 5.73. The van der Waals surface area contributed by atoms with Gasteiger partial charge in [-0.2, -0.15) is 8.78 Å². The number of para-hydroxylation sites is 1. The van der Waals surface area contributed by atoms with Gasteiger partial charge >= 0.3 is 6.61 Å². The Morgan fingerprint density at radius 3 is 2.70 bits per heavy atom. The Balaban J connectivity index is 1.44. The van der Waals surface area contributed by atoms with Gasteiger partial charge < -0.3 is 15.5 Å². The molecule has 10 heteroatoms. The minimum Gasteiger partial charge on any atom is -0.435 e. The van der Waals surface area contributed by atoms with E-state index in [0.29, 0.717) is 16.5 Å². The zero-order valence-electron chi connectivity index (χ0n) is 16.0. The number of aromatic nitrogens is 3. The lowest BCUT2D eigenvalue weighted by Gasteiger charge is -2.22. The Hall–Kier alpha value is -3.14. The van der Waals surface area contributed by atoms with Crippen LogP contribution in [0.2, 0.25) is 0 Å². The van der Waals surface area contributed by atoms with Gasteiger partial charge in [0.2, 0.25) is 11.1 Å². The maximum absolute atomic E-state index is 12.8. The number of nitrogens with two attached hydrogens (primary N) is 1. The lowest BCUT2D eigenvalue weighted by molar-refractivity contribution is -0.116. The molecule has 0 bridgehead atoms. The van der Waals surface area contributed by atoms with Crippen molar-refractivity contribution in [2.75, 3.05) is 16.5 Å². The van der Waals surface area contributed by atoms with Crippen LogP contribution in [0.25, 0.3) is 11.4 Å². The Bertz CT molecular complexity index is 1060. The van der Waals surface area contributed by atoms with Crippen molar-refractivity contribution in [1.82, 2.24) is 14.9 Å². The molecule has 0 aliphatic carbocycles. The fourth-order valence-corrected chi connectivity index (χ4v) is 4.21. The molecule has 1 aliphatic heterocycles. The third kappa shape index (κ3) is 3.95. The van der Waals surface area contributed by atoms with E-state index < -0.39 is 6.61 Å². The summed E-state index contributed by atoms with van der Waals surface area (Å²) in [5, 5.41) is 8.49. The number of rotatable bonds is 6. The zero-order valence-corrected chi connectivity index (χ0v) is 16.9. The van der Waals surface area contributed by atoms with Crippen LogP contribution in [0, 0.1) is 0 Å². The average molecular weight is 431 g/mol. The second-order valence-electron chi connectivity index (χ2n) is 6.81. The molecule has 1 aliphatic rings. The van der Waals surface area contributed by atoms with Crippen LogP contribution < -0.4 is 15.5 Å². The van der Waals surface area contributed by atoms with Gasteiger partial charge in [-0.25, -0.2) is 4.68 Å². The van der Waals surface area contributed by atoms with Crippen molar-refractivity contribution in [1.29, 1.82) is 0 Å². The summed E-state index contributed by atoms with van der Waals surface area (Å²) in [4.78, 5) is 14.6. The van der Waals surface area contributed by atoms with Crippen molar-refractivity contribution in [2.45, 2.75) is 31.2 Å². The van der Waals surface area contributed by atoms with E-state index in [9.17, 15) is 13.6 Å². The van der Waals surface area contributed by atoms with E-state index in [-0.39, 0.29) is 23.5 Å². The van der Waals surface area contributed by atoms with Gasteiger partial charge in [0, 0.05) is 17.3 Å². The maximum atomic E-state index is 12.8. The van der Waals surface area contributed by atoms with Gasteiger partial charge in [0.15, 0.2) is 5.82 Å². The van der Waals surface area contributed by atoms with Crippen LogP contribution in [-0.4, -0.2) is 39.2 Å². The van der Waals surface area contributed by atoms with E-state index in [1.54, 1.807) is 12.1 Å². The molecular formula is C20H19F2N5O2S. The van der Waals surface area contributed by atoms with Gasteiger partial charge in [0.1, 0.15) is 5.75 Å². The van der Waals surface area contributed by atoms with Crippen LogP contribution in [-0.2, 0) is 11.2 Å². The van der Waals surface area contributed by atoms with E-state index in [2.05, 4.69) is 14.9 Å². The summed E-state index contributed by atoms with van der Waals surface area (Å²) in [6, 6.07) is 13.9. The summed E-state index contributed by atoms with van der Waals surface area (Å²) in [6.45, 7) is -0.868. The van der Waals surface area contributed by atoms with Crippen LogP contribution in [0.3, 0.4) is 0 Å². The molecule has 30 heavy (non-hydrogen) atoms. The second kappa shape index (κ2) is 8.31. The van der Waals surface area contributed by atoms with Crippen molar-refractivity contribution in [2.24, 2.45) is 0 Å². The molecule has 0 unspecified atom stereocenters. The number of carbonyl (C=O) groups excluding carboxylic acids is 1. The van der Waals surface area contributed by atoms with Gasteiger partial charge in [0.25, 0.3) is 0 Å². The highest BCUT2D eigenvalue weighted by Gasteiger charge is 2.30. The quantitative estimate of drug-likeness (QED) is 0.476. The number of amides is 1. The summed E-state index contributed by atoms with van der Waals surface area (Å²) in [5.41, 5.74) is 2.69. The number of nitrogen functional groups attached to an aromatic ring is 1. The van der Waals surface area contributed by atoms with Crippen molar-refractivity contribution < 1.29 is 18.3 Å². The van der Waals surface area contributed by atoms with E-state index >= 15 is 0 Å². The summed E-state index contributed by atoms with van der Waals surface area (Å²) < 4.78 is 30.2. The van der Waals surface area contributed by atoms with Crippen molar-refractivity contribution in [3.05, 3.63) is 54.1 Å². The molecule has 0 radical (unpaired) electrons. The Morgan fingerprint density at radius 1 is 1.23 bits per heavy atom.